The maximum absolute atomic E-state index is 12.8. The molecule has 138 valence electrons. The predicted molar refractivity (Wildman–Crippen MR) is 103 cm³/mol. The minimum Gasteiger partial charge on any atom is -0.508 e. The minimum atomic E-state index is -0.525. The lowest BCUT2D eigenvalue weighted by Crippen LogP contribution is -2.29. The Morgan fingerprint density at radius 1 is 0.857 bits per heavy atom. The second kappa shape index (κ2) is 7.00. The number of rotatable bonds is 4. The topological polar surface area (TPSA) is 86.7 Å². The molecule has 1 heterocycles. The van der Waals surface area contributed by atoms with Gasteiger partial charge >= 0.3 is 0 Å². The summed E-state index contributed by atoms with van der Waals surface area (Å²) in [5, 5.41) is 12.4. The summed E-state index contributed by atoms with van der Waals surface area (Å²) in [5.74, 6) is -1.39. The van der Waals surface area contributed by atoms with Gasteiger partial charge in [-0.3, -0.25) is 14.4 Å². The first-order valence-corrected chi connectivity index (χ1v) is 8.68. The molecule has 0 radical (unpaired) electrons. The smallest absolute Gasteiger partial charge is 0.266 e. The van der Waals surface area contributed by atoms with Gasteiger partial charge in [0.05, 0.1) is 16.8 Å². The van der Waals surface area contributed by atoms with E-state index in [-0.39, 0.29) is 28.5 Å². The zero-order valence-corrected chi connectivity index (χ0v) is 14.8. The van der Waals surface area contributed by atoms with Crippen LogP contribution in [0.2, 0.25) is 0 Å². The summed E-state index contributed by atoms with van der Waals surface area (Å²) in [6.45, 7) is 0.360. The highest BCUT2D eigenvalue weighted by Crippen LogP contribution is 2.30. The number of fused-ring (bicyclic) bond motifs is 1. The number of hydrogen-bond donors (Lipinski definition) is 2. The molecule has 3 aromatic rings. The van der Waals surface area contributed by atoms with Crippen LogP contribution in [-0.2, 0) is 6.54 Å². The van der Waals surface area contributed by atoms with Gasteiger partial charge in [0.15, 0.2) is 0 Å². The third-order valence-corrected chi connectivity index (χ3v) is 4.53. The van der Waals surface area contributed by atoms with Crippen molar-refractivity contribution < 1.29 is 19.5 Å². The van der Waals surface area contributed by atoms with Crippen molar-refractivity contribution in [2.24, 2.45) is 0 Å². The van der Waals surface area contributed by atoms with Gasteiger partial charge in [0.2, 0.25) is 0 Å². The summed E-state index contributed by atoms with van der Waals surface area (Å²) in [5.41, 5.74) is 1.93. The molecule has 28 heavy (non-hydrogen) atoms. The molecule has 3 amide bonds. The molecule has 0 atom stereocenters. The summed E-state index contributed by atoms with van der Waals surface area (Å²) in [7, 11) is 0. The third kappa shape index (κ3) is 3.12. The van der Waals surface area contributed by atoms with E-state index in [2.05, 4.69) is 5.32 Å². The van der Waals surface area contributed by atoms with Crippen LogP contribution >= 0.6 is 0 Å². The fraction of sp³-hybridized carbons (Fsp3) is 0.0455. The molecule has 0 saturated heterocycles. The second-order valence-electron chi connectivity index (χ2n) is 6.39. The standard InChI is InChI=1S/C22H16N2O4/c25-17-8-4-7-16(12-17)24-21(27)18-10-9-15(11-19(18)22(24)28)20(26)23-13-14-5-2-1-3-6-14/h1-12,25H,13H2,(H,23,26). The number of carbonyl (C=O) groups is 3. The van der Waals surface area contributed by atoms with Crippen LogP contribution in [0.1, 0.15) is 36.6 Å². The number of imide groups is 1. The average molecular weight is 372 g/mol. The van der Waals surface area contributed by atoms with Crippen molar-refractivity contribution in [3.8, 4) is 5.75 Å². The van der Waals surface area contributed by atoms with Gasteiger partial charge in [-0.2, -0.15) is 0 Å². The highest BCUT2D eigenvalue weighted by atomic mass is 16.3. The zero-order valence-electron chi connectivity index (χ0n) is 14.8. The third-order valence-electron chi connectivity index (χ3n) is 4.53. The normalized spacial score (nSPS) is 12.8. The molecule has 1 aliphatic heterocycles. The van der Waals surface area contributed by atoms with Crippen molar-refractivity contribution in [2.45, 2.75) is 6.54 Å². The number of nitrogens with one attached hydrogen (secondary N) is 1. The van der Waals surface area contributed by atoms with Gasteiger partial charge in [-0.15, -0.1) is 0 Å². The molecule has 1 aliphatic rings. The van der Waals surface area contributed by atoms with Crippen LogP contribution in [0.15, 0.2) is 72.8 Å². The van der Waals surface area contributed by atoms with Crippen molar-refractivity contribution in [1.82, 2.24) is 5.32 Å². The summed E-state index contributed by atoms with van der Waals surface area (Å²) in [4.78, 5) is 38.8. The Morgan fingerprint density at radius 3 is 2.36 bits per heavy atom. The summed E-state index contributed by atoms with van der Waals surface area (Å²) in [6.07, 6.45) is 0. The highest BCUT2D eigenvalue weighted by Gasteiger charge is 2.37. The largest absolute Gasteiger partial charge is 0.508 e. The van der Waals surface area contributed by atoms with Crippen molar-refractivity contribution in [3.63, 3.8) is 0 Å². The maximum Gasteiger partial charge on any atom is 0.266 e. The number of amides is 3. The number of carbonyl (C=O) groups excluding carboxylic acids is 3. The van der Waals surface area contributed by atoms with Crippen LogP contribution in [-0.4, -0.2) is 22.8 Å². The van der Waals surface area contributed by atoms with Crippen molar-refractivity contribution in [2.75, 3.05) is 4.90 Å². The van der Waals surface area contributed by atoms with E-state index in [1.807, 2.05) is 30.3 Å². The number of aromatic hydroxyl groups is 1. The van der Waals surface area contributed by atoms with Gasteiger partial charge < -0.3 is 10.4 Å². The van der Waals surface area contributed by atoms with E-state index < -0.39 is 11.8 Å². The van der Waals surface area contributed by atoms with Crippen LogP contribution in [0.3, 0.4) is 0 Å². The molecule has 0 unspecified atom stereocenters. The molecule has 0 aromatic heterocycles. The lowest BCUT2D eigenvalue weighted by atomic mass is 10.1. The molecule has 4 rings (SSSR count). The van der Waals surface area contributed by atoms with E-state index in [0.717, 1.165) is 10.5 Å². The van der Waals surface area contributed by atoms with Crippen LogP contribution in [0.4, 0.5) is 5.69 Å². The first-order chi connectivity index (χ1) is 13.5. The molecule has 6 heteroatoms. The summed E-state index contributed by atoms with van der Waals surface area (Å²) >= 11 is 0. The van der Waals surface area contributed by atoms with Gasteiger partial charge in [0.1, 0.15) is 5.75 Å². The number of nitrogens with zero attached hydrogens (tertiary/aromatic N) is 1. The predicted octanol–water partition coefficient (Wildman–Crippen LogP) is 3.12. The number of anilines is 1. The molecule has 0 saturated carbocycles. The molecular weight excluding hydrogens is 356 g/mol. The summed E-state index contributed by atoms with van der Waals surface area (Å²) < 4.78 is 0. The summed E-state index contributed by atoms with van der Waals surface area (Å²) in [6, 6.07) is 19.8. The Kier molecular flexibility index (Phi) is 4.37. The Labute approximate surface area is 161 Å². The zero-order chi connectivity index (χ0) is 19.7. The molecule has 0 aliphatic carbocycles. The Bertz CT molecular complexity index is 1090. The van der Waals surface area contributed by atoms with Gasteiger partial charge in [0.25, 0.3) is 17.7 Å². The first-order valence-electron chi connectivity index (χ1n) is 8.68. The minimum absolute atomic E-state index is 0.0463. The maximum atomic E-state index is 12.8. The second-order valence-corrected chi connectivity index (χ2v) is 6.39. The van der Waals surface area contributed by atoms with Crippen LogP contribution < -0.4 is 10.2 Å². The van der Waals surface area contributed by atoms with Crippen molar-refractivity contribution >= 4 is 23.4 Å². The van der Waals surface area contributed by atoms with Crippen molar-refractivity contribution in [3.05, 3.63) is 95.1 Å². The molecule has 0 spiro atoms. The Hall–Kier alpha value is -3.93. The van der Waals surface area contributed by atoms with Crippen LogP contribution in [0, 0.1) is 0 Å². The van der Waals surface area contributed by atoms with Gasteiger partial charge in [-0.25, -0.2) is 4.90 Å². The van der Waals surface area contributed by atoms with E-state index >= 15 is 0 Å². The molecular formula is C22H16N2O4. The SMILES string of the molecule is O=C(NCc1ccccc1)c1ccc2c(c1)C(=O)N(c1cccc(O)c1)C2=O. The lowest BCUT2D eigenvalue weighted by Gasteiger charge is -2.13. The van der Waals surface area contributed by atoms with E-state index in [4.69, 9.17) is 0 Å². The highest BCUT2D eigenvalue weighted by molar-refractivity contribution is 6.34. The van der Waals surface area contributed by atoms with Crippen LogP contribution in [0.5, 0.6) is 5.75 Å². The molecule has 2 N–H and O–H groups in total. The molecule has 0 fully saturated rings. The monoisotopic (exact) mass is 372 g/mol. The lowest BCUT2D eigenvalue weighted by molar-refractivity contribution is 0.0923. The van der Waals surface area contributed by atoms with Gasteiger partial charge in [0, 0.05) is 18.2 Å². The van der Waals surface area contributed by atoms with E-state index in [1.165, 1.54) is 30.3 Å². The van der Waals surface area contributed by atoms with E-state index in [9.17, 15) is 19.5 Å². The van der Waals surface area contributed by atoms with Gasteiger partial charge in [-0.05, 0) is 35.9 Å². The Morgan fingerprint density at radius 2 is 1.61 bits per heavy atom. The fourth-order valence-electron chi connectivity index (χ4n) is 3.13. The van der Waals surface area contributed by atoms with E-state index in [0.29, 0.717) is 12.1 Å². The molecule has 0 bridgehead atoms. The molecule has 6 nitrogen and oxygen atoms in total. The number of phenols is 1. The fourth-order valence-corrected chi connectivity index (χ4v) is 3.13. The van der Waals surface area contributed by atoms with Crippen LogP contribution in [0.25, 0.3) is 0 Å². The quantitative estimate of drug-likeness (QED) is 0.689. The Balaban J connectivity index is 1.57. The number of phenolic OH excluding ortho intramolecular Hbond substituents is 1. The first kappa shape index (κ1) is 17.5. The number of benzene rings is 3. The van der Waals surface area contributed by atoms with Gasteiger partial charge in [-0.1, -0.05) is 36.4 Å². The average Bonchev–Trinajstić information content (AvgIpc) is 2.97. The van der Waals surface area contributed by atoms with Crippen molar-refractivity contribution in [1.29, 1.82) is 0 Å². The molecule has 3 aromatic carbocycles. The van der Waals surface area contributed by atoms with E-state index in [1.54, 1.807) is 12.1 Å². The number of hydrogen-bond acceptors (Lipinski definition) is 4.